The molecule has 0 aromatic heterocycles. The molecule has 1 unspecified atom stereocenters. The van der Waals surface area contributed by atoms with Gasteiger partial charge in [0.15, 0.2) is 5.92 Å². The van der Waals surface area contributed by atoms with Gasteiger partial charge in [0.1, 0.15) is 0 Å². The number of urea groups is 1. The van der Waals surface area contributed by atoms with E-state index in [1.54, 1.807) is 0 Å². The molecule has 1 aliphatic rings. The molecule has 1 N–H and O–H groups in total. The monoisotopic (exact) mass is 327 g/mol. The van der Waals surface area contributed by atoms with E-state index in [4.69, 9.17) is 0 Å². The molecule has 1 aromatic carbocycles. The molecule has 0 aliphatic carbocycles. The lowest BCUT2D eigenvalue weighted by molar-refractivity contribution is -0.139. The van der Waals surface area contributed by atoms with Gasteiger partial charge in [0.2, 0.25) is 11.8 Å². The predicted molar refractivity (Wildman–Crippen MR) is 91.5 cm³/mol. The zero-order valence-electron chi connectivity index (χ0n) is 13.9. The number of carbonyl (C=O) groups is 3. The molecule has 1 heterocycles. The molecule has 1 aliphatic heterocycles. The Balaban J connectivity index is 2.32. The number of hydrogen-bond acceptors (Lipinski definition) is 4. The largest absolute Gasteiger partial charge is 0.331 e. The number of imide groups is 2. The van der Waals surface area contributed by atoms with Crippen LogP contribution in [0.4, 0.5) is 4.79 Å². The maximum atomic E-state index is 12.6. The first kappa shape index (κ1) is 17.6. The van der Waals surface area contributed by atoms with Gasteiger partial charge in [0, 0.05) is 12.3 Å². The maximum Gasteiger partial charge on any atom is 0.331 e. The molecule has 0 spiro atoms. The van der Waals surface area contributed by atoms with Gasteiger partial charge < -0.3 is 0 Å². The highest BCUT2D eigenvalue weighted by atomic mass is 16.2. The predicted octanol–water partition coefficient (Wildman–Crippen LogP) is 2.48. The summed E-state index contributed by atoms with van der Waals surface area (Å²) in [6, 6.07) is 8.72. The molecule has 0 saturated carbocycles. The Morgan fingerprint density at radius 1 is 1.33 bits per heavy atom. The van der Waals surface area contributed by atoms with Crippen molar-refractivity contribution in [3.63, 3.8) is 0 Å². The first-order chi connectivity index (χ1) is 11.5. The van der Waals surface area contributed by atoms with Crippen molar-refractivity contribution >= 4 is 23.6 Å². The third-order valence-corrected chi connectivity index (χ3v) is 3.90. The summed E-state index contributed by atoms with van der Waals surface area (Å²) in [4.78, 5) is 42.1. The molecular formula is C18H21N3O3. The van der Waals surface area contributed by atoms with Crippen molar-refractivity contribution in [3.8, 4) is 0 Å². The van der Waals surface area contributed by atoms with Crippen LogP contribution >= 0.6 is 0 Å². The van der Waals surface area contributed by atoms with E-state index in [0.717, 1.165) is 10.5 Å². The quantitative estimate of drug-likeness (QED) is 0.495. The van der Waals surface area contributed by atoms with Gasteiger partial charge in [0.05, 0.1) is 6.04 Å². The van der Waals surface area contributed by atoms with Crippen molar-refractivity contribution in [2.24, 2.45) is 10.9 Å². The van der Waals surface area contributed by atoms with Crippen molar-refractivity contribution < 1.29 is 14.4 Å². The number of aliphatic imine (C=N–C) groups is 1. The lowest BCUT2D eigenvalue weighted by Crippen LogP contribution is -2.59. The molecule has 0 bridgehead atoms. The van der Waals surface area contributed by atoms with Gasteiger partial charge in [0.25, 0.3) is 0 Å². The second kappa shape index (κ2) is 7.68. The van der Waals surface area contributed by atoms with E-state index in [0.29, 0.717) is 12.1 Å². The van der Waals surface area contributed by atoms with Crippen LogP contribution in [0.1, 0.15) is 31.9 Å². The van der Waals surface area contributed by atoms with Gasteiger partial charge in [-0.1, -0.05) is 43.3 Å². The molecule has 126 valence electrons. The summed E-state index contributed by atoms with van der Waals surface area (Å²) in [5.41, 5.74) is 1.46. The molecule has 1 saturated heterocycles. The van der Waals surface area contributed by atoms with Crippen LogP contribution in [0.15, 0.2) is 48.0 Å². The van der Waals surface area contributed by atoms with E-state index in [2.05, 4.69) is 16.9 Å². The Hall–Kier alpha value is -2.76. The Kier molecular flexibility index (Phi) is 5.63. The van der Waals surface area contributed by atoms with E-state index in [1.165, 1.54) is 6.08 Å². The summed E-state index contributed by atoms with van der Waals surface area (Å²) in [6.07, 6.45) is 1.89. The van der Waals surface area contributed by atoms with Crippen LogP contribution in [-0.2, 0) is 9.59 Å². The molecule has 1 aromatic rings. The lowest BCUT2D eigenvalue weighted by atomic mass is 9.95. The lowest BCUT2D eigenvalue weighted by Gasteiger charge is -2.30. The molecule has 2 atom stereocenters. The van der Waals surface area contributed by atoms with E-state index in [9.17, 15) is 14.4 Å². The maximum absolute atomic E-state index is 12.6. The average molecular weight is 327 g/mol. The summed E-state index contributed by atoms with van der Waals surface area (Å²) in [5, 5.41) is 2.22. The molecule has 1 fully saturated rings. The van der Waals surface area contributed by atoms with Crippen LogP contribution in [0.2, 0.25) is 0 Å². The number of nitrogens with zero attached hydrogens (tertiary/aromatic N) is 2. The number of amides is 4. The molecule has 2 rings (SSSR count). The Labute approximate surface area is 141 Å². The second-order valence-electron chi connectivity index (χ2n) is 5.53. The first-order valence-electron chi connectivity index (χ1n) is 7.88. The topological polar surface area (TPSA) is 78.8 Å². The molecule has 24 heavy (non-hydrogen) atoms. The van der Waals surface area contributed by atoms with Crippen LogP contribution in [-0.4, -0.2) is 35.0 Å². The fraction of sp³-hybridized carbons (Fsp3) is 0.333. The van der Waals surface area contributed by atoms with Crippen molar-refractivity contribution in [2.75, 3.05) is 6.54 Å². The van der Waals surface area contributed by atoms with Crippen molar-refractivity contribution in [3.05, 3.63) is 48.6 Å². The van der Waals surface area contributed by atoms with Crippen molar-refractivity contribution in [2.45, 2.75) is 26.3 Å². The van der Waals surface area contributed by atoms with Crippen LogP contribution in [0, 0.1) is 5.92 Å². The molecule has 6 heteroatoms. The van der Waals surface area contributed by atoms with E-state index >= 15 is 0 Å². The Morgan fingerprint density at radius 2 is 2.00 bits per heavy atom. The van der Waals surface area contributed by atoms with Crippen LogP contribution in [0.25, 0.3) is 0 Å². The number of rotatable bonds is 6. The highest BCUT2D eigenvalue weighted by Gasteiger charge is 2.42. The van der Waals surface area contributed by atoms with Gasteiger partial charge in [-0.3, -0.25) is 24.8 Å². The standard InChI is InChI=1S/C18H21N3O3/c1-4-11-21-17(23)15(16(22)20-18(21)24)14(5-2)19-12(3)13-9-7-6-8-10-13/h4,6-10,12,15H,1,5,11H2,2-3H3,(H,20,22,24)/t12-,15?/m0/s1. The van der Waals surface area contributed by atoms with Crippen LogP contribution in [0.3, 0.4) is 0 Å². The fourth-order valence-corrected chi connectivity index (χ4v) is 2.63. The number of barbiturate groups is 1. The minimum Gasteiger partial charge on any atom is -0.285 e. The summed E-state index contributed by atoms with van der Waals surface area (Å²) in [6.45, 7) is 7.33. The minimum atomic E-state index is -1.07. The first-order valence-corrected chi connectivity index (χ1v) is 7.88. The summed E-state index contributed by atoms with van der Waals surface area (Å²) in [7, 11) is 0. The van der Waals surface area contributed by atoms with E-state index in [1.807, 2.05) is 44.2 Å². The molecule has 0 radical (unpaired) electrons. The normalized spacial score (nSPS) is 19.9. The summed E-state index contributed by atoms with van der Waals surface area (Å²) >= 11 is 0. The van der Waals surface area contributed by atoms with Crippen molar-refractivity contribution in [1.82, 2.24) is 10.2 Å². The zero-order chi connectivity index (χ0) is 17.7. The smallest absolute Gasteiger partial charge is 0.285 e. The third kappa shape index (κ3) is 3.59. The van der Waals surface area contributed by atoms with E-state index < -0.39 is 23.8 Å². The number of hydrogen-bond donors (Lipinski definition) is 1. The van der Waals surface area contributed by atoms with Gasteiger partial charge in [-0.25, -0.2) is 4.79 Å². The number of carbonyl (C=O) groups excluding carboxylic acids is 3. The molecular weight excluding hydrogens is 306 g/mol. The zero-order valence-corrected chi connectivity index (χ0v) is 13.9. The summed E-state index contributed by atoms with van der Waals surface area (Å²) < 4.78 is 0. The van der Waals surface area contributed by atoms with Gasteiger partial charge in [-0.2, -0.15) is 0 Å². The second-order valence-corrected chi connectivity index (χ2v) is 5.53. The number of benzene rings is 1. The van der Waals surface area contributed by atoms with Gasteiger partial charge in [-0.05, 0) is 18.9 Å². The van der Waals surface area contributed by atoms with E-state index in [-0.39, 0.29) is 12.6 Å². The minimum absolute atomic E-state index is 0.0552. The summed E-state index contributed by atoms with van der Waals surface area (Å²) in [5.74, 6) is -2.24. The van der Waals surface area contributed by atoms with Crippen LogP contribution < -0.4 is 5.32 Å². The molecule has 6 nitrogen and oxygen atoms in total. The van der Waals surface area contributed by atoms with Gasteiger partial charge >= 0.3 is 6.03 Å². The van der Waals surface area contributed by atoms with Gasteiger partial charge in [-0.15, -0.1) is 6.58 Å². The highest BCUT2D eigenvalue weighted by molar-refractivity contribution is 6.27. The fourth-order valence-electron chi connectivity index (χ4n) is 2.63. The molecule has 4 amide bonds. The van der Waals surface area contributed by atoms with Crippen molar-refractivity contribution in [1.29, 1.82) is 0 Å². The number of nitrogens with one attached hydrogen (secondary N) is 1. The highest BCUT2D eigenvalue weighted by Crippen LogP contribution is 2.21. The average Bonchev–Trinajstić information content (AvgIpc) is 2.58. The third-order valence-electron chi connectivity index (χ3n) is 3.90. The SMILES string of the molecule is C=CCN1C(=O)NC(=O)C(C(CC)=N[C@@H](C)c2ccccc2)C1=O. The Bertz CT molecular complexity index is 682. The Morgan fingerprint density at radius 3 is 2.58 bits per heavy atom. The van der Waals surface area contributed by atoms with Crippen LogP contribution in [0.5, 0.6) is 0 Å².